The lowest BCUT2D eigenvalue weighted by atomic mass is 9.89. The van der Waals surface area contributed by atoms with Crippen molar-refractivity contribution in [1.29, 1.82) is 0 Å². The lowest BCUT2D eigenvalue weighted by Gasteiger charge is -2.25. The molecule has 1 N–H and O–H groups in total. The highest BCUT2D eigenvalue weighted by Gasteiger charge is 2.20. The van der Waals surface area contributed by atoms with E-state index in [1.165, 1.54) is 12.1 Å². The normalized spacial score (nSPS) is 22.6. The van der Waals surface area contributed by atoms with Gasteiger partial charge in [-0.2, -0.15) is 0 Å². The van der Waals surface area contributed by atoms with Gasteiger partial charge in [0.2, 0.25) is 5.91 Å². The number of carbonyl (C=O) groups is 1. The first kappa shape index (κ1) is 15.6. The van der Waals surface area contributed by atoms with Crippen molar-refractivity contribution in [2.45, 2.75) is 37.5 Å². The second-order valence-corrected chi connectivity index (χ2v) is 6.32. The first-order valence-electron chi connectivity index (χ1n) is 6.90. The summed E-state index contributed by atoms with van der Waals surface area (Å²) in [6, 6.07) is 4.44. The summed E-state index contributed by atoms with van der Waals surface area (Å²) >= 11 is 11.9. The lowest BCUT2D eigenvalue weighted by Crippen LogP contribution is -2.32. The average molecular weight is 318 g/mol. The van der Waals surface area contributed by atoms with E-state index in [1.807, 2.05) is 0 Å². The van der Waals surface area contributed by atoms with Crippen LogP contribution in [0.2, 0.25) is 5.02 Å². The van der Waals surface area contributed by atoms with Crippen LogP contribution in [0.1, 0.15) is 31.2 Å². The average Bonchev–Trinajstić information content (AvgIpc) is 2.42. The molecule has 1 saturated carbocycles. The SMILES string of the molecule is O=C(Cc1c(F)cccc1Cl)NCC1CCC(Cl)CC1. The summed E-state index contributed by atoms with van der Waals surface area (Å²) in [5.74, 6) is -0.148. The van der Waals surface area contributed by atoms with Crippen molar-refractivity contribution in [2.75, 3.05) is 6.54 Å². The molecule has 2 nitrogen and oxygen atoms in total. The first-order chi connectivity index (χ1) is 9.56. The molecule has 1 aliphatic carbocycles. The fraction of sp³-hybridized carbons (Fsp3) is 0.533. The van der Waals surface area contributed by atoms with Gasteiger partial charge in [0, 0.05) is 22.5 Å². The van der Waals surface area contributed by atoms with Gasteiger partial charge in [-0.15, -0.1) is 11.6 Å². The van der Waals surface area contributed by atoms with Crippen molar-refractivity contribution < 1.29 is 9.18 Å². The molecule has 0 heterocycles. The maximum absolute atomic E-state index is 13.6. The Kier molecular flexibility index (Phi) is 5.67. The molecule has 0 radical (unpaired) electrons. The monoisotopic (exact) mass is 317 g/mol. The zero-order valence-electron chi connectivity index (χ0n) is 11.2. The highest BCUT2D eigenvalue weighted by atomic mass is 35.5. The highest BCUT2D eigenvalue weighted by Crippen LogP contribution is 2.27. The predicted octanol–water partition coefficient (Wildman–Crippen LogP) is 3.94. The third kappa shape index (κ3) is 4.35. The molecule has 1 fully saturated rings. The number of benzene rings is 1. The van der Waals surface area contributed by atoms with Gasteiger partial charge in [-0.05, 0) is 43.7 Å². The van der Waals surface area contributed by atoms with Crippen LogP contribution in [0, 0.1) is 11.7 Å². The minimum Gasteiger partial charge on any atom is -0.356 e. The standard InChI is InChI=1S/C15H18Cl2FNO/c16-11-6-4-10(5-7-11)9-19-15(20)8-12-13(17)2-1-3-14(12)18/h1-3,10-11H,4-9H2,(H,19,20). The molecule has 0 aliphatic heterocycles. The van der Waals surface area contributed by atoms with Gasteiger partial charge >= 0.3 is 0 Å². The number of hydrogen-bond acceptors (Lipinski definition) is 1. The third-order valence-electron chi connectivity index (χ3n) is 3.76. The predicted molar refractivity (Wildman–Crippen MR) is 79.7 cm³/mol. The van der Waals surface area contributed by atoms with Crippen molar-refractivity contribution in [3.05, 3.63) is 34.6 Å². The van der Waals surface area contributed by atoms with Crippen LogP contribution in [0.25, 0.3) is 0 Å². The summed E-state index contributed by atoms with van der Waals surface area (Å²) in [5, 5.41) is 3.43. The molecule has 0 aromatic heterocycles. The van der Waals surface area contributed by atoms with E-state index in [1.54, 1.807) is 6.07 Å². The van der Waals surface area contributed by atoms with Crippen molar-refractivity contribution in [1.82, 2.24) is 5.32 Å². The zero-order chi connectivity index (χ0) is 14.5. The van der Waals surface area contributed by atoms with Crippen molar-refractivity contribution >= 4 is 29.1 Å². The Balaban J connectivity index is 1.81. The van der Waals surface area contributed by atoms with Gasteiger partial charge in [-0.3, -0.25) is 4.79 Å². The molecule has 5 heteroatoms. The van der Waals surface area contributed by atoms with Crippen LogP contribution in [-0.4, -0.2) is 17.8 Å². The fourth-order valence-corrected chi connectivity index (χ4v) is 2.99. The molecule has 0 saturated heterocycles. The number of alkyl halides is 1. The van der Waals surface area contributed by atoms with Crippen molar-refractivity contribution in [2.24, 2.45) is 5.92 Å². The Morgan fingerprint density at radius 1 is 1.30 bits per heavy atom. The number of hydrogen-bond donors (Lipinski definition) is 1. The molecule has 2 rings (SSSR count). The number of amides is 1. The van der Waals surface area contributed by atoms with Crippen LogP contribution < -0.4 is 5.32 Å². The van der Waals surface area contributed by atoms with E-state index in [-0.39, 0.29) is 23.3 Å². The third-order valence-corrected chi connectivity index (χ3v) is 4.55. The molecule has 1 aliphatic rings. The molecule has 110 valence electrons. The van der Waals surface area contributed by atoms with E-state index in [2.05, 4.69) is 5.32 Å². The number of halogens is 3. The van der Waals surface area contributed by atoms with Gasteiger partial charge < -0.3 is 5.32 Å². The van der Waals surface area contributed by atoms with Gasteiger partial charge in [0.1, 0.15) is 5.82 Å². The molecule has 0 unspecified atom stereocenters. The van der Waals surface area contributed by atoms with Gasteiger partial charge in [-0.1, -0.05) is 17.7 Å². The van der Waals surface area contributed by atoms with Crippen LogP contribution in [-0.2, 0) is 11.2 Å². The van der Waals surface area contributed by atoms with Crippen molar-refractivity contribution in [3.63, 3.8) is 0 Å². The molecule has 1 aromatic rings. The summed E-state index contributed by atoms with van der Waals surface area (Å²) in [7, 11) is 0. The molecule has 0 atom stereocenters. The molecule has 1 amide bonds. The van der Waals surface area contributed by atoms with Crippen LogP contribution >= 0.6 is 23.2 Å². The maximum atomic E-state index is 13.6. The van der Waals surface area contributed by atoms with E-state index in [9.17, 15) is 9.18 Å². The fourth-order valence-electron chi connectivity index (χ4n) is 2.51. The molecular weight excluding hydrogens is 300 g/mol. The van der Waals surface area contributed by atoms with Gasteiger partial charge in [0.25, 0.3) is 0 Å². The molecule has 20 heavy (non-hydrogen) atoms. The maximum Gasteiger partial charge on any atom is 0.224 e. The van der Waals surface area contributed by atoms with Crippen LogP contribution in [0.3, 0.4) is 0 Å². The smallest absolute Gasteiger partial charge is 0.224 e. The number of rotatable bonds is 4. The summed E-state index contributed by atoms with van der Waals surface area (Å²) < 4.78 is 13.6. The van der Waals surface area contributed by atoms with E-state index in [0.717, 1.165) is 25.7 Å². The molecule has 1 aromatic carbocycles. The Hall–Kier alpha value is -0.800. The summed E-state index contributed by atoms with van der Waals surface area (Å²) in [5.41, 5.74) is 0.260. The first-order valence-corrected chi connectivity index (χ1v) is 7.71. The summed E-state index contributed by atoms with van der Waals surface area (Å²) in [6.45, 7) is 0.633. The van der Waals surface area contributed by atoms with Crippen LogP contribution in [0.4, 0.5) is 4.39 Å². The molecule has 0 spiro atoms. The quantitative estimate of drug-likeness (QED) is 0.837. The summed E-state index contributed by atoms with van der Waals surface area (Å²) in [6.07, 6.45) is 4.06. The minimum atomic E-state index is -0.435. The largest absolute Gasteiger partial charge is 0.356 e. The van der Waals surface area contributed by atoms with Gasteiger partial charge in [-0.25, -0.2) is 4.39 Å². The summed E-state index contributed by atoms with van der Waals surface area (Å²) in [4.78, 5) is 11.9. The van der Waals surface area contributed by atoms with Crippen molar-refractivity contribution in [3.8, 4) is 0 Å². The van der Waals surface area contributed by atoms with Crippen LogP contribution in [0.5, 0.6) is 0 Å². The second-order valence-electron chi connectivity index (χ2n) is 5.30. The highest BCUT2D eigenvalue weighted by molar-refractivity contribution is 6.31. The Morgan fingerprint density at radius 3 is 2.65 bits per heavy atom. The van der Waals surface area contributed by atoms with E-state index < -0.39 is 5.82 Å². The Labute approximate surface area is 128 Å². The van der Waals surface area contributed by atoms with E-state index in [0.29, 0.717) is 17.5 Å². The van der Waals surface area contributed by atoms with E-state index in [4.69, 9.17) is 23.2 Å². The lowest BCUT2D eigenvalue weighted by molar-refractivity contribution is -0.120. The topological polar surface area (TPSA) is 29.1 Å². The second kappa shape index (κ2) is 7.28. The van der Waals surface area contributed by atoms with Gasteiger partial charge in [0.15, 0.2) is 0 Å². The molecule has 0 bridgehead atoms. The Morgan fingerprint density at radius 2 is 2.00 bits per heavy atom. The Bertz CT molecular complexity index is 453. The minimum absolute atomic E-state index is 0.0175. The number of carbonyl (C=O) groups excluding carboxylic acids is 1. The van der Waals surface area contributed by atoms with E-state index >= 15 is 0 Å². The van der Waals surface area contributed by atoms with Gasteiger partial charge in [0.05, 0.1) is 6.42 Å². The van der Waals surface area contributed by atoms with Crippen LogP contribution in [0.15, 0.2) is 18.2 Å². The number of nitrogens with one attached hydrogen (secondary N) is 1. The zero-order valence-corrected chi connectivity index (χ0v) is 12.7. The molecular formula is C15H18Cl2FNO.